The Hall–Kier alpha value is -1.92. The minimum atomic E-state index is -0.502. The van der Waals surface area contributed by atoms with Gasteiger partial charge >= 0.3 is 0 Å². The second-order valence-electron chi connectivity index (χ2n) is 6.55. The Labute approximate surface area is 162 Å². The summed E-state index contributed by atoms with van der Waals surface area (Å²) in [4.78, 5) is 16.8. The molecule has 0 atom stereocenters. The van der Waals surface area contributed by atoms with Crippen LogP contribution in [-0.4, -0.2) is 50.1 Å². The number of nitrogens with one attached hydrogen (secondary N) is 1. The summed E-state index contributed by atoms with van der Waals surface area (Å²) in [6, 6.07) is 12.9. The number of amides is 1. The molecule has 1 amide bonds. The average Bonchev–Trinajstić information content (AvgIpc) is 2.64. The number of carbonyl (C=O) groups is 1. The Bertz CT molecular complexity index is 775. The lowest BCUT2D eigenvalue weighted by Crippen LogP contribution is -2.48. The minimum absolute atomic E-state index is 0.0728. The fraction of sp³-hybridized carbons (Fsp3) is 0.350. The standard InChI is InChI=1S/C20H23BrFN3O/c1-15-3-2-4-17(13-15)25-11-9-24(10-12-25)8-7-23-20(26)18-14-16(21)5-6-19(18)22/h2-6,13-14H,7-12H2,1H3,(H,23,26). The first-order valence-corrected chi connectivity index (χ1v) is 9.59. The quantitative estimate of drug-likeness (QED) is 0.805. The van der Waals surface area contributed by atoms with Gasteiger partial charge in [-0.05, 0) is 42.8 Å². The van der Waals surface area contributed by atoms with E-state index in [9.17, 15) is 9.18 Å². The number of carbonyl (C=O) groups excluding carboxylic acids is 1. The first-order chi connectivity index (χ1) is 12.5. The van der Waals surface area contributed by atoms with Crippen LogP contribution in [0.2, 0.25) is 0 Å². The topological polar surface area (TPSA) is 35.6 Å². The van der Waals surface area contributed by atoms with Crippen LogP contribution in [0.15, 0.2) is 46.9 Å². The monoisotopic (exact) mass is 419 g/mol. The predicted molar refractivity (Wildman–Crippen MR) is 106 cm³/mol. The van der Waals surface area contributed by atoms with Gasteiger partial charge in [-0.1, -0.05) is 28.1 Å². The molecular formula is C20H23BrFN3O. The summed E-state index contributed by atoms with van der Waals surface area (Å²) in [6.45, 7) is 7.23. The molecule has 4 nitrogen and oxygen atoms in total. The Morgan fingerprint density at radius 3 is 2.65 bits per heavy atom. The summed E-state index contributed by atoms with van der Waals surface area (Å²) in [6.07, 6.45) is 0. The van der Waals surface area contributed by atoms with Gasteiger partial charge < -0.3 is 10.2 Å². The largest absolute Gasteiger partial charge is 0.369 e. The maximum Gasteiger partial charge on any atom is 0.254 e. The number of rotatable bonds is 5. The number of piperazine rings is 1. The SMILES string of the molecule is Cc1cccc(N2CCN(CCNC(=O)c3cc(Br)ccc3F)CC2)c1. The van der Waals surface area contributed by atoms with Gasteiger partial charge in [0.2, 0.25) is 0 Å². The molecule has 138 valence electrons. The first-order valence-electron chi connectivity index (χ1n) is 8.80. The van der Waals surface area contributed by atoms with E-state index in [4.69, 9.17) is 0 Å². The number of hydrogen-bond donors (Lipinski definition) is 1. The van der Waals surface area contributed by atoms with E-state index in [-0.39, 0.29) is 11.5 Å². The Balaban J connectivity index is 1.44. The summed E-state index contributed by atoms with van der Waals surface area (Å²) in [5, 5.41) is 2.81. The molecule has 6 heteroatoms. The molecule has 2 aromatic carbocycles. The van der Waals surface area contributed by atoms with Crippen molar-refractivity contribution in [2.24, 2.45) is 0 Å². The molecule has 1 fully saturated rings. The van der Waals surface area contributed by atoms with Crippen LogP contribution in [-0.2, 0) is 0 Å². The van der Waals surface area contributed by atoms with Gasteiger partial charge in [0, 0.05) is 49.4 Å². The van der Waals surface area contributed by atoms with Crippen molar-refractivity contribution in [3.63, 3.8) is 0 Å². The highest BCUT2D eigenvalue weighted by Gasteiger charge is 2.18. The molecule has 3 rings (SSSR count). The van der Waals surface area contributed by atoms with E-state index in [0.29, 0.717) is 11.0 Å². The van der Waals surface area contributed by atoms with E-state index in [1.807, 2.05) is 0 Å². The molecule has 1 N–H and O–H groups in total. The third-order valence-electron chi connectivity index (χ3n) is 4.63. The van der Waals surface area contributed by atoms with E-state index in [0.717, 1.165) is 32.7 Å². The molecule has 0 aliphatic carbocycles. The number of nitrogens with zero attached hydrogens (tertiary/aromatic N) is 2. The molecule has 0 aromatic heterocycles. The number of anilines is 1. The van der Waals surface area contributed by atoms with Crippen LogP contribution >= 0.6 is 15.9 Å². The second-order valence-corrected chi connectivity index (χ2v) is 7.46. The summed E-state index contributed by atoms with van der Waals surface area (Å²) >= 11 is 3.27. The maximum atomic E-state index is 13.7. The highest BCUT2D eigenvalue weighted by Crippen LogP contribution is 2.18. The summed E-state index contributed by atoms with van der Waals surface area (Å²) in [5.41, 5.74) is 2.61. The lowest BCUT2D eigenvalue weighted by molar-refractivity contribution is 0.0943. The molecule has 0 radical (unpaired) electrons. The fourth-order valence-corrected chi connectivity index (χ4v) is 3.51. The third kappa shape index (κ3) is 4.83. The van der Waals surface area contributed by atoms with Crippen LogP contribution in [0.1, 0.15) is 15.9 Å². The molecule has 0 spiro atoms. The molecule has 26 heavy (non-hydrogen) atoms. The van der Waals surface area contributed by atoms with E-state index in [2.05, 4.69) is 62.2 Å². The van der Waals surface area contributed by atoms with Crippen LogP contribution in [0.25, 0.3) is 0 Å². The molecule has 0 unspecified atom stereocenters. The van der Waals surface area contributed by atoms with Crippen molar-refractivity contribution in [1.82, 2.24) is 10.2 Å². The molecule has 0 saturated carbocycles. The molecule has 0 bridgehead atoms. The van der Waals surface area contributed by atoms with Crippen molar-refractivity contribution in [3.8, 4) is 0 Å². The molecule has 1 heterocycles. The average molecular weight is 420 g/mol. The van der Waals surface area contributed by atoms with E-state index >= 15 is 0 Å². The number of aryl methyl sites for hydroxylation is 1. The molecular weight excluding hydrogens is 397 g/mol. The van der Waals surface area contributed by atoms with Crippen molar-refractivity contribution < 1.29 is 9.18 Å². The number of halogens is 2. The number of benzene rings is 2. The molecule has 1 aliphatic heterocycles. The fourth-order valence-electron chi connectivity index (χ4n) is 3.15. The van der Waals surface area contributed by atoms with Crippen molar-refractivity contribution >= 4 is 27.5 Å². The molecule has 1 aliphatic rings. The summed E-state index contributed by atoms with van der Waals surface area (Å²) in [5.74, 6) is -0.875. The van der Waals surface area contributed by atoms with Gasteiger partial charge in [-0.25, -0.2) is 4.39 Å². The highest BCUT2D eigenvalue weighted by molar-refractivity contribution is 9.10. The van der Waals surface area contributed by atoms with Gasteiger partial charge in [-0.15, -0.1) is 0 Å². The van der Waals surface area contributed by atoms with Gasteiger partial charge in [0.15, 0.2) is 0 Å². The van der Waals surface area contributed by atoms with Crippen molar-refractivity contribution in [2.75, 3.05) is 44.2 Å². The smallest absolute Gasteiger partial charge is 0.254 e. The molecule has 2 aromatic rings. The number of hydrogen-bond acceptors (Lipinski definition) is 3. The van der Waals surface area contributed by atoms with Gasteiger partial charge in [-0.3, -0.25) is 9.69 Å². The van der Waals surface area contributed by atoms with Gasteiger partial charge in [0.1, 0.15) is 5.82 Å². The van der Waals surface area contributed by atoms with Crippen molar-refractivity contribution in [3.05, 3.63) is 63.9 Å². The Morgan fingerprint density at radius 1 is 1.15 bits per heavy atom. The Kier molecular flexibility index (Phi) is 6.27. The van der Waals surface area contributed by atoms with Gasteiger partial charge in [-0.2, -0.15) is 0 Å². The highest BCUT2D eigenvalue weighted by atomic mass is 79.9. The van der Waals surface area contributed by atoms with Gasteiger partial charge in [0.25, 0.3) is 5.91 Å². The van der Waals surface area contributed by atoms with E-state index in [1.165, 1.54) is 23.4 Å². The van der Waals surface area contributed by atoms with Crippen LogP contribution in [0.3, 0.4) is 0 Å². The summed E-state index contributed by atoms with van der Waals surface area (Å²) in [7, 11) is 0. The lowest BCUT2D eigenvalue weighted by atomic mass is 10.2. The third-order valence-corrected chi connectivity index (χ3v) is 5.12. The normalized spacial score (nSPS) is 15.1. The zero-order valence-corrected chi connectivity index (χ0v) is 16.4. The van der Waals surface area contributed by atoms with E-state index in [1.54, 1.807) is 6.07 Å². The zero-order chi connectivity index (χ0) is 18.5. The van der Waals surface area contributed by atoms with Gasteiger partial charge in [0.05, 0.1) is 5.56 Å². The van der Waals surface area contributed by atoms with Crippen LogP contribution in [0.4, 0.5) is 10.1 Å². The predicted octanol–water partition coefficient (Wildman–Crippen LogP) is 3.45. The summed E-state index contributed by atoms with van der Waals surface area (Å²) < 4.78 is 14.4. The van der Waals surface area contributed by atoms with Crippen molar-refractivity contribution in [1.29, 1.82) is 0 Å². The van der Waals surface area contributed by atoms with Crippen LogP contribution in [0, 0.1) is 12.7 Å². The van der Waals surface area contributed by atoms with E-state index < -0.39 is 5.82 Å². The minimum Gasteiger partial charge on any atom is -0.369 e. The Morgan fingerprint density at radius 2 is 1.92 bits per heavy atom. The second kappa shape index (κ2) is 8.64. The molecule has 1 saturated heterocycles. The first kappa shape index (κ1) is 18.9. The van der Waals surface area contributed by atoms with Crippen molar-refractivity contribution in [2.45, 2.75) is 6.92 Å². The maximum absolute atomic E-state index is 13.7. The lowest BCUT2D eigenvalue weighted by Gasteiger charge is -2.36. The zero-order valence-electron chi connectivity index (χ0n) is 14.8. The van der Waals surface area contributed by atoms with Crippen LogP contribution in [0.5, 0.6) is 0 Å². The van der Waals surface area contributed by atoms with Crippen LogP contribution < -0.4 is 10.2 Å².